The monoisotopic (exact) mass is 342 g/mol. The number of hydrogen-bond donors (Lipinski definition) is 1. The van der Waals surface area contributed by atoms with Gasteiger partial charge in [-0.25, -0.2) is 0 Å². The van der Waals surface area contributed by atoms with Crippen molar-refractivity contribution in [3.8, 4) is 5.75 Å². The van der Waals surface area contributed by atoms with Crippen LogP contribution in [0.4, 0.5) is 0 Å². The van der Waals surface area contributed by atoms with Gasteiger partial charge in [-0.1, -0.05) is 30.7 Å². The summed E-state index contributed by atoms with van der Waals surface area (Å²) < 4.78 is 5.28. The van der Waals surface area contributed by atoms with Gasteiger partial charge in [-0.2, -0.15) is 0 Å². The number of hydrogen-bond acceptors (Lipinski definition) is 3. The van der Waals surface area contributed by atoms with E-state index in [4.69, 9.17) is 4.74 Å². The van der Waals surface area contributed by atoms with Crippen LogP contribution in [0, 0.1) is 5.92 Å². The number of methoxy groups -OCH3 is 1. The van der Waals surface area contributed by atoms with Gasteiger partial charge >= 0.3 is 0 Å². The van der Waals surface area contributed by atoms with Crippen LogP contribution in [0.3, 0.4) is 0 Å². The van der Waals surface area contributed by atoms with Crippen LogP contribution in [0.15, 0.2) is 36.4 Å². The first-order chi connectivity index (χ1) is 12.3. The van der Waals surface area contributed by atoms with Gasteiger partial charge in [0.15, 0.2) is 0 Å². The lowest BCUT2D eigenvalue weighted by atomic mass is 10.0. The minimum absolute atomic E-state index is 0.173. The second kappa shape index (κ2) is 9.04. The Morgan fingerprint density at radius 3 is 2.64 bits per heavy atom. The minimum Gasteiger partial charge on any atom is -0.497 e. The number of carbonyl (C=O) groups excluding carboxylic acids is 1. The fourth-order valence-electron chi connectivity index (χ4n) is 3.90. The number of piperidine rings is 1. The molecule has 4 nitrogen and oxygen atoms in total. The molecule has 3 rings (SSSR count). The van der Waals surface area contributed by atoms with Crippen LogP contribution in [0.1, 0.15) is 50.1 Å². The first-order valence-corrected chi connectivity index (χ1v) is 9.57. The lowest BCUT2D eigenvalue weighted by Crippen LogP contribution is -2.40. The Kier molecular flexibility index (Phi) is 6.51. The van der Waals surface area contributed by atoms with Gasteiger partial charge in [0.1, 0.15) is 5.75 Å². The van der Waals surface area contributed by atoms with Crippen molar-refractivity contribution in [2.75, 3.05) is 26.7 Å². The third-order valence-electron chi connectivity index (χ3n) is 5.38. The summed E-state index contributed by atoms with van der Waals surface area (Å²) in [4.78, 5) is 14.8. The van der Waals surface area contributed by atoms with E-state index in [1.54, 1.807) is 7.11 Å². The van der Waals surface area contributed by atoms with Crippen molar-refractivity contribution in [1.29, 1.82) is 0 Å². The van der Waals surface area contributed by atoms with Crippen LogP contribution in [0.2, 0.25) is 0 Å². The average Bonchev–Trinajstić information content (AvgIpc) is 3.16. The molecule has 1 aromatic rings. The SMILES string of the molecule is COc1ccc(C(CNC(=O)CC2C=CCC2)N2CCCCC2)cc1. The molecule has 0 saturated carbocycles. The molecule has 1 amide bonds. The molecule has 136 valence electrons. The zero-order valence-corrected chi connectivity index (χ0v) is 15.2. The average molecular weight is 342 g/mol. The highest BCUT2D eigenvalue weighted by molar-refractivity contribution is 5.76. The number of nitrogens with one attached hydrogen (secondary N) is 1. The predicted octanol–water partition coefficient (Wildman–Crippen LogP) is 3.69. The van der Waals surface area contributed by atoms with E-state index in [-0.39, 0.29) is 11.9 Å². The van der Waals surface area contributed by atoms with Crippen molar-refractivity contribution < 1.29 is 9.53 Å². The fourth-order valence-corrected chi connectivity index (χ4v) is 3.90. The molecule has 0 bridgehead atoms. The van der Waals surface area contributed by atoms with Crippen LogP contribution in [-0.2, 0) is 4.79 Å². The van der Waals surface area contributed by atoms with Crippen molar-refractivity contribution in [1.82, 2.24) is 10.2 Å². The Balaban J connectivity index is 1.62. The molecular formula is C21H30N2O2. The predicted molar refractivity (Wildman–Crippen MR) is 101 cm³/mol. The van der Waals surface area contributed by atoms with Gasteiger partial charge in [-0.15, -0.1) is 0 Å². The van der Waals surface area contributed by atoms with Gasteiger partial charge in [0.2, 0.25) is 5.91 Å². The quantitative estimate of drug-likeness (QED) is 0.768. The van der Waals surface area contributed by atoms with E-state index < -0.39 is 0 Å². The lowest BCUT2D eigenvalue weighted by Gasteiger charge is -2.35. The summed E-state index contributed by atoms with van der Waals surface area (Å²) in [6.07, 6.45) is 11.0. The van der Waals surface area contributed by atoms with Gasteiger partial charge in [0.25, 0.3) is 0 Å². The van der Waals surface area contributed by atoms with Crippen molar-refractivity contribution in [3.05, 3.63) is 42.0 Å². The first kappa shape index (κ1) is 18.0. The molecule has 1 saturated heterocycles. The zero-order valence-electron chi connectivity index (χ0n) is 15.2. The highest BCUT2D eigenvalue weighted by Gasteiger charge is 2.23. The molecule has 2 aliphatic rings. The van der Waals surface area contributed by atoms with E-state index in [0.717, 1.165) is 31.7 Å². The van der Waals surface area contributed by atoms with E-state index in [9.17, 15) is 4.79 Å². The molecule has 0 radical (unpaired) electrons. The molecule has 1 heterocycles. The summed E-state index contributed by atoms with van der Waals surface area (Å²) in [7, 11) is 1.69. The topological polar surface area (TPSA) is 41.6 Å². The Morgan fingerprint density at radius 1 is 1.24 bits per heavy atom. The third kappa shape index (κ3) is 5.08. The maximum absolute atomic E-state index is 12.3. The largest absolute Gasteiger partial charge is 0.497 e. The van der Waals surface area contributed by atoms with Crippen molar-refractivity contribution in [2.24, 2.45) is 5.92 Å². The Hall–Kier alpha value is -1.81. The molecule has 1 fully saturated rings. The number of ether oxygens (including phenoxy) is 1. The van der Waals surface area contributed by atoms with Crippen molar-refractivity contribution in [3.63, 3.8) is 0 Å². The first-order valence-electron chi connectivity index (χ1n) is 9.57. The molecule has 1 aliphatic heterocycles. The van der Waals surface area contributed by atoms with Gasteiger partial charge in [-0.05, 0) is 62.4 Å². The highest BCUT2D eigenvalue weighted by Crippen LogP contribution is 2.26. The second-order valence-corrected chi connectivity index (χ2v) is 7.16. The number of benzene rings is 1. The Morgan fingerprint density at radius 2 is 2.00 bits per heavy atom. The molecule has 25 heavy (non-hydrogen) atoms. The number of carbonyl (C=O) groups is 1. The Bertz CT molecular complexity index is 576. The second-order valence-electron chi connectivity index (χ2n) is 7.16. The number of allylic oxidation sites excluding steroid dienone is 2. The number of nitrogens with zero attached hydrogens (tertiary/aromatic N) is 1. The summed E-state index contributed by atoms with van der Waals surface area (Å²) in [6.45, 7) is 2.90. The van der Waals surface area contributed by atoms with E-state index in [2.05, 4.69) is 34.5 Å². The van der Waals surface area contributed by atoms with E-state index in [1.165, 1.54) is 24.8 Å². The molecule has 1 aliphatic carbocycles. The van der Waals surface area contributed by atoms with Crippen molar-refractivity contribution >= 4 is 5.91 Å². The van der Waals surface area contributed by atoms with Crippen LogP contribution in [0.5, 0.6) is 5.75 Å². The van der Waals surface area contributed by atoms with Gasteiger partial charge in [0, 0.05) is 13.0 Å². The number of likely N-dealkylation sites (tertiary alicyclic amines) is 1. The molecule has 4 heteroatoms. The summed E-state index contributed by atoms with van der Waals surface area (Å²) >= 11 is 0. The maximum atomic E-state index is 12.3. The van der Waals surface area contributed by atoms with Gasteiger partial charge < -0.3 is 10.1 Å². The summed E-state index contributed by atoms with van der Waals surface area (Å²) in [6, 6.07) is 8.53. The molecule has 1 aromatic carbocycles. The molecule has 0 spiro atoms. The molecule has 2 atom stereocenters. The Labute approximate surface area is 151 Å². The van der Waals surface area contributed by atoms with E-state index in [1.807, 2.05) is 12.1 Å². The molecular weight excluding hydrogens is 312 g/mol. The number of rotatable bonds is 7. The lowest BCUT2D eigenvalue weighted by molar-refractivity contribution is -0.122. The standard InChI is InChI=1S/C21H30N2O2/c1-25-19-11-9-18(10-12-19)20(23-13-5-2-6-14-23)16-22-21(24)15-17-7-3-4-8-17/h3,7,9-12,17,20H,2,4-6,8,13-16H2,1H3,(H,22,24). The normalized spacial score (nSPS) is 21.9. The van der Waals surface area contributed by atoms with E-state index in [0.29, 0.717) is 18.9 Å². The molecule has 2 unspecified atom stereocenters. The summed E-state index contributed by atoms with van der Waals surface area (Å²) in [5, 5.41) is 3.19. The highest BCUT2D eigenvalue weighted by atomic mass is 16.5. The van der Waals surface area contributed by atoms with Gasteiger partial charge in [-0.3, -0.25) is 9.69 Å². The fraction of sp³-hybridized carbons (Fsp3) is 0.571. The summed E-state index contributed by atoms with van der Waals surface area (Å²) in [5.41, 5.74) is 1.25. The maximum Gasteiger partial charge on any atom is 0.220 e. The van der Waals surface area contributed by atoms with E-state index >= 15 is 0 Å². The minimum atomic E-state index is 0.173. The zero-order chi connectivity index (χ0) is 17.5. The molecule has 1 N–H and O–H groups in total. The third-order valence-corrected chi connectivity index (χ3v) is 5.38. The van der Waals surface area contributed by atoms with Gasteiger partial charge in [0.05, 0.1) is 13.2 Å². The summed E-state index contributed by atoms with van der Waals surface area (Å²) in [5.74, 6) is 1.47. The van der Waals surface area contributed by atoms with Crippen molar-refractivity contribution in [2.45, 2.75) is 44.6 Å². The van der Waals surface area contributed by atoms with Crippen LogP contribution >= 0.6 is 0 Å². The van der Waals surface area contributed by atoms with Crippen LogP contribution in [-0.4, -0.2) is 37.6 Å². The van der Waals surface area contributed by atoms with Crippen LogP contribution in [0.25, 0.3) is 0 Å². The molecule has 0 aromatic heterocycles. The number of amides is 1. The van der Waals surface area contributed by atoms with Crippen LogP contribution < -0.4 is 10.1 Å². The smallest absolute Gasteiger partial charge is 0.220 e.